The number of para-hydroxylation sites is 1. The molecule has 0 aliphatic carbocycles. The van der Waals surface area contributed by atoms with Gasteiger partial charge in [0.2, 0.25) is 5.91 Å². The average Bonchev–Trinajstić information content (AvgIpc) is 2.45. The van der Waals surface area contributed by atoms with E-state index < -0.39 is 0 Å². The molecule has 1 atom stereocenters. The van der Waals surface area contributed by atoms with Crippen LogP contribution in [0.3, 0.4) is 0 Å². The third-order valence-corrected chi connectivity index (χ3v) is 2.28. The molecule has 1 aromatic carbocycles. The van der Waals surface area contributed by atoms with Crippen LogP contribution in [0.5, 0.6) is 0 Å². The molecule has 0 radical (unpaired) electrons. The highest BCUT2D eigenvalue weighted by Crippen LogP contribution is 2.31. The Hall–Kier alpha value is -1.35. The molecule has 0 unspecified atom stereocenters. The molecule has 3 heteroatoms. The van der Waals surface area contributed by atoms with Crippen LogP contribution in [0.2, 0.25) is 0 Å². The van der Waals surface area contributed by atoms with E-state index in [2.05, 4.69) is 5.43 Å². The Morgan fingerprint density at radius 1 is 1.46 bits per heavy atom. The molecule has 0 bridgehead atoms. The first-order chi connectivity index (χ1) is 6.20. The van der Waals surface area contributed by atoms with E-state index in [0.717, 1.165) is 5.69 Å². The molecule has 1 amide bonds. The van der Waals surface area contributed by atoms with Crippen molar-refractivity contribution in [1.29, 1.82) is 0 Å². The lowest BCUT2D eigenvalue weighted by molar-refractivity contribution is -0.117. The van der Waals surface area contributed by atoms with Crippen molar-refractivity contribution in [3.8, 4) is 0 Å². The quantitative estimate of drug-likeness (QED) is 0.651. The predicted octanol–water partition coefficient (Wildman–Crippen LogP) is 1.62. The number of hydrazine groups is 1. The van der Waals surface area contributed by atoms with Gasteiger partial charge in [-0.25, -0.2) is 10.4 Å². The van der Waals surface area contributed by atoms with Crippen molar-refractivity contribution in [1.82, 2.24) is 5.43 Å². The second kappa shape index (κ2) is 2.85. The summed E-state index contributed by atoms with van der Waals surface area (Å²) in [6.45, 7) is 3.60. The number of amides is 1. The van der Waals surface area contributed by atoms with Crippen LogP contribution >= 0.6 is 0 Å². The lowest BCUT2D eigenvalue weighted by Gasteiger charge is -2.14. The van der Waals surface area contributed by atoms with E-state index in [1.807, 2.05) is 31.2 Å². The molecule has 3 nitrogen and oxygen atoms in total. The van der Waals surface area contributed by atoms with Crippen LogP contribution in [-0.2, 0) is 4.79 Å². The molecule has 1 heterocycles. The molecule has 13 heavy (non-hydrogen) atoms. The minimum atomic E-state index is 0.0248. The third-order valence-electron chi connectivity index (χ3n) is 2.28. The summed E-state index contributed by atoms with van der Waals surface area (Å²) in [5.41, 5.74) is 5.26. The summed E-state index contributed by atoms with van der Waals surface area (Å²) in [5.74, 6) is 0.0248. The number of nitrogens with zero attached hydrogens (tertiary/aromatic N) is 1. The Labute approximate surface area is 77.3 Å². The highest BCUT2D eigenvalue weighted by molar-refractivity contribution is 5.92. The molecule has 0 aromatic heterocycles. The van der Waals surface area contributed by atoms with E-state index >= 15 is 0 Å². The summed E-state index contributed by atoms with van der Waals surface area (Å²) < 4.78 is 0. The van der Waals surface area contributed by atoms with Gasteiger partial charge in [-0.2, -0.15) is 0 Å². The summed E-state index contributed by atoms with van der Waals surface area (Å²) in [5, 5.41) is 1.60. The summed E-state index contributed by atoms with van der Waals surface area (Å²) >= 11 is 0. The molecule has 1 aromatic rings. The SMILES string of the molecule is CC(=O)N1N[C@@H](C)c2ccccc21. The van der Waals surface area contributed by atoms with Gasteiger partial charge in [0.25, 0.3) is 0 Å². The third kappa shape index (κ3) is 1.21. The van der Waals surface area contributed by atoms with Crippen LogP contribution in [-0.4, -0.2) is 5.91 Å². The molecule has 2 rings (SSSR count). The number of benzene rings is 1. The fourth-order valence-electron chi connectivity index (χ4n) is 1.65. The summed E-state index contributed by atoms with van der Waals surface area (Å²) in [6.07, 6.45) is 0. The monoisotopic (exact) mass is 176 g/mol. The minimum Gasteiger partial charge on any atom is -0.273 e. The standard InChI is InChI=1S/C10H12N2O/c1-7-9-5-3-4-6-10(9)12(11-7)8(2)13/h3-7,11H,1-2H3/t7-/m0/s1. The Balaban J connectivity index is 2.47. The minimum absolute atomic E-state index is 0.0248. The van der Waals surface area contributed by atoms with Crippen LogP contribution in [0.1, 0.15) is 25.5 Å². The zero-order chi connectivity index (χ0) is 9.42. The van der Waals surface area contributed by atoms with E-state index in [0.29, 0.717) is 0 Å². The van der Waals surface area contributed by atoms with Crippen LogP contribution in [0, 0.1) is 0 Å². The van der Waals surface area contributed by atoms with Gasteiger partial charge in [-0.3, -0.25) is 4.79 Å². The molecular formula is C10H12N2O. The van der Waals surface area contributed by atoms with Gasteiger partial charge in [0.05, 0.1) is 11.7 Å². The Kier molecular flexibility index (Phi) is 1.81. The van der Waals surface area contributed by atoms with E-state index in [-0.39, 0.29) is 11.9 Å². The normalized spacial score (nSPS) is 20.2. The Morgan fingerprint density at radius 2 is 2.15 bits per heavy atom. The van der Waals surface area contributed by atoms with Crippen molar-refractivity contribution in [2.45, 2.75) is 19.9 Å². The number of hydrogen-bond acceptors (Lipinski definition) is 2. The Bertz CT molecular complexity index is 349. The first-order valence-electron chi connectivity index (χ1n) is 4.36. The zero-order valence-corrected chi connectivity index (χ0v) is 7.74. The van der Waals surface area contributed by atoms with Gasteiger partial charge in [0, 0.05) is 6.92 Å². The lowest BCUT2D eigenvalue weighted by atomic mass is 10.1. The molecule has 0 spiro atoms. The number of rotatable bonds is 0. The maximum atomic E-state index is 11.2. The predicted molar refractivity (Wildman–Crippen MR) is 51.2 cm³/mol. The topological polar surface area (TPSA) is 32.3 Å². The van der Waals surface area contributed by atoms with Gasteiger partial charge in [0.1, 0.15) is 0 Å². The molecule has 0 saturated heterocycles. The Morgan fingerprint density at radius 3 is 2.85 bits per heavy atom. The van der Waals surface area contributed by atoms with Gasteiger partial charge in [0.15, 0.2) is 0 Å². The first kappa shape index (κ1) is 8.26. The fourth-order valence-corrected chi connectivity index (χ4v) is 1.65. The van der Waals surface area contributed by atoms with Crippen molar-refractivity contribution in [2.75, 3.05) is 5.01 Å². The largest absolute Gasteiger partial charge is 0.273 e. The van der Waals surface area contributed by atoms with Crippen molar-refractivity contribution < 1.29 is 4.79 Å². The maximum absolute atomic E-state index is 11.2. The molecular weight excluding hydrogens is 164 g/mol. The maximum Gasteiger partial charge on any atom is 0.238 e. The van der Waals surface area contributed by atoms with E-state index in [4.69, 9.17) is 0 Å². The highest BCUT2D eigenvalue weighted by Gasteiger charge is 2.26. The van der Waals surface area contributed by atoms with Gasteiger partial charge in [-0.05, 0) is 18.6 Å². The van der Waals surface area contributed by atoms with Crippen molar-refractivity contribution in [3.05, 3.63) is 29.8 Å². The van der Waals surface area contributed by atoms with Gasteiger partial charge in [-0.1, -0.05) is 18.2 Å². The molecule has 0 fully saturated rings. The van der Waals surface area contributed by atoms with E-state index in [1.54, 1.807) is 11.9 Å². The molecule has 1 aliphatic heterocycles. The first-order valence-corrected chi connectivity index (χ1v) is 4.36. The fraction of sp³-hybridized carbons (Fsp3) is 0.300. The average molecular weight is 176 g/mol. The van der Waals surface area contributed by atoms with Crippen LogP contribution in [0.25, 0.3) is 0 Å². The molecule has 68 valence electrons. The summed E-state index contributed by atoms with van der Waals surface area (Å²) in [6, 6.07) is 8.14. The van der Waals surface area contributed by atoms with Crippen molar-refractivity contribution >= 4 is 11.6 Å². The zero-order valence-electron chi connectivity index (χ0n) is 7.74. The highest BCUT2D eigenvalue weighted by atomic mass is 16.2. The lowest BCUT2D eigenvalue weighted by Crippen LogP contribution is -2.37. The van der Waals surface area contributed by atoms with E-state index in [9.17, 15) is 4.79 Å². The second-order valence-electron chi connectivity index (χ2n) is 3.26. The number of carbonyl (C=O) groups excluding carboxylic acids is 1. The van der Waals surface area contributed by atoms with Gasteiger partial charge >= 0.3 is 0 Å². The van der Waals surface area contributed by atoms with Crippen LogP contribution < -0.4 is 10.4 Å². The van der Waals surface area contributed by atoms with Gasteiger partial charge in [-0.15, -0.1) is 0 Å². The molecule has 1 N–H and O–H groups in total. The van der Waals surface area contributed by atoms with Gasteiger partial charge < -0.3 is 0 Å². The van der Waals surface area contributed by atoms with Crippen molar-refractivity contribution in [2.24, 2.45) is 0 Å². The number of carbonyl (C=O) groups is 1. The number of fused-ring (bicyclic) bond motifs is 1. The molecule has 1 aliphatic rings. The number of nitrogens with one attached hydrogen (secondary N) is 1. The van der Waals surface area contributed by atoms with E-state index in [1.165, 1.54) is 5.56 Å². The smallest absolute Gasteiger partial charge is 0.238 e. The van der Waals surface area contributed by atoms with Crippen molar-refractivity contribution in [3.63, 3.8) is 0 Å². The number of hydrogen-bond donors (Lipinski definition) is 1. The summed E-state index contributed by atoms with van der Waals surface area (Å²) in [7, 11) is 0. The summed E-state index contributed by atoms with van der Waals surface area (Å²) in [4.78, 5) is 11.2. The van der Waals surface area contributed by atoms with Crippen LogP contribution in [0.15, 0.2) is 24.3 Å². The van der Waals surface area contributed by atoms with Crippen LogP contribution in [0.4, 0.5) is 5.69 Å². The second-order valence-corrected chi connectivity index (χ2v) is 3.26. The molecule has 0 saturated carbocycles. The number of anilines is 1.